The van der Waals surface area contributed by atoms with Crippen molar-refractivity contribution in [3.8, 4) is 5.75 Å². The van der Waals surface area contributed by atoms with Crippen molar-refractivity contribution >= 4 is 0 Å². The van der Waals surface area contributed by atoms with Crippen LogP contribution in [0.1, 0.15) is 58.4 Å². The fourth-order valence-electron chi connectivity index (χ4n) is 6.59. The third-order valence-corrected chi connectivity index (χ3v) is 11.1. The molecule has 1 aromatic rings. The van der Waals surface area contributed by atoms with Crippen molar-refractivity contribution in [3.63, 3.8) is 0 Å². The summed E-state index contributed by atoms with van der Waals surface area (Å²) in [6, 6.07) is 8.57. The van der Waals surface area contributed by atoms with Crippen LogP contribution in [0.4, 0.5) is 0 Å². The minimum Gasteiger partial charge on any atom is -0.491 e. The molecule has 0 bridgehead atoms. The average Bonchev–Trinajstić information content (AvgIpc) is 3.43. The molecule has 0 saturated heterocycles. The Hall–Kier alpha value is -1.78. The van der Waals surface area contributed by atoms with Gasteiger partial charge in [-0.15, -0.1) is 0 Å². The van der Waals surface area contributed by atoms with Gasteiger partial charge in [0.2, 0.25) is 0 Å². The molecule has 0 aliphatic heterocycles. The number of hydrogen-bond acceptors (Lipinski definition) is 21. The highest BCUT2D eigenvalue weighted by Gasteiger charge is 2.23. The molecule has 0 aromatic heterocycles. The van der Waals surface area contributed by atoms with E-state index in [-0.39, 0.29) is 12.0 Å². The Labute approximate surface area is 456 Å². The summed E-state index contributed by atoms with van der Waals surface area (Å²) < 4.78 is 110. The summed E-state index contributed by atoms with van der Waals surface area (Å²) in [7, 11) is 0. The molecule has 1 N–H and O–H groups in total. The van der Waals surface area contributed by atoms with Gasteiger partial charge in [0.25, 0.3) is 0 Å². The summed E-state index contributed by atoms with van der Waals surface area (Å²) in [6.45, 7) is 26.1. The summed E-state index contributed by atoms with van der Waals surface area (Å²) in [6.07, 6.45) is 6.17. The lowest BCUT2D eigenvalue weighted by atomic mass is 9.76. The van der Waals surface area contributed by atoms with E-state index in [1.165, 1.54) is 31.2 Å². The van der Waals surface area contributed by atoms with Gasteiger partial charge in [0.15, 0.2) is 0 Å². The SMILES string of the molecule is CCCCCC(C)(CC)c1ccc(OCCOCCOCCOCCOCCOCCOCCOCCOCCOCCOCCOCCOCCOCCOCCOCCOCCOCCOCCOCCO)cc1. The van der Waals surface area contributed by atoms with E-state index >= 15 is 0 Å². The molecule has 1 atom stereocenters. The number of benzene rings is 1. The van der Waals surface area contributed by atoms with Crippen LogP contribution >= 0.6 is 0 Å². The molecule has 21 nitrogen and oxygen atoms in total. The quantitative estimate of drug-likeness (QED) is 0.0884. The topological polar surface area (TPSA) is 205 Å². The second-order valence-corrected chi connectivity index (χ2v) is 17.1. The van der Waals surface area contributed by atoms with E-state index in [0.29, 0.717) is 258 Å². The number of unbranched alkanes of at least 4 members (excludes halogenated alkanes) is 2. The van der Waals surface area contributed by atoms with Crippen LogP contribution in [-0.2, 0) is 95.4 Å². The summed E-state index contributed by atoms with van der Waals surface area (Å²) in [4.78, 5) is 0. The fourth-order valence-corrected chi connectivity index (χ4v) is 6.59. The van der Waals surface area contributed by atoms with Crippen LogP contribution in [0.2, 0.25) is 0 Å². The maximum absolute atomic E-state index is 8.61. The van der Waals surface area contributed by atoms with Gasteiger partial charge in [0.05, 0.1) is 258 Å². The monoisotopic (exact) mass is 1100 g/mol. The van der Waals surface area contributed by atoms with Crippen LogP contribution in [0.25, 0.3) is 0 Å². The zero-order chi connectivity index (χ0) is 54.4. The minimum absolute atomic E-state index is 0.0194. The first-order valence-corrected chi connectivity index (χ1v) is 28.0. The van der Waals surface area contributed by atoms with E-state index in [0.717, 1.165) is 12.2 Å². The van der Waals surface area contributed by atoms with Crippen LogP contribution in [0.5, 0.6) is 5.75 Å². The number of aliphatic hydroxyl groups excluding tert-OH is 1. The molecule has 0 amide bonds. The second kappa shape index (κ2) is 60.9. The van der Waals surface area contributed by atoms with Gasteiger partial charge in [-0.05, 0) is 36.0 Å². The molecule has 450 valence electrons. The predicted octanol–water partition coefficient (Wildman–Crippen LogP) is 4.62. The van der Waals surface area contributed by atoms with Crippen LogP contribution in [0.3, 0.4) is 0 Å². The van der Waals surface area contributed by atoms with Crippen LogP contribution in [0.15, 0.2) is 24.3 Å². The van der Waals surface area contributed by atoms with Gasteiger partial charge in [-0.25, -0.2) is 0 Å². The molecule has 0 spiro atoms. The normalized spacial score (nSPS) is 12.5. The zero-order valence-corrected chi connectivity index (χ0v) is 47.2. The predicted molar refractivity (Wildman–Crippen MR) is 286 cm³/mol. The van der Waals surface area contributed by atoms with Crippen molar-refractivity contribution in [1.29, 1.82) is 0 Å². The zero-order valence-electron chi connectivity index (χ0n) is 47.2. The van der Waals surface area contributed by atoms with Gasteiger partial charge >= 0.3 is 0 Å². The number of aliphatic hydroxyl groups is 1. The molecule has 76 heavy (non-hydrogen) atoms. The van der Waals surface area contributed by atoms with E-state index in [9.17, 15) is 0 Å². The highest BCUT2D eigenvalue weighted by atomic mass is 16.6. The molecular weight excluding hydrogens is 997 g/mol. The number of hydrogen-bond donors (Lipinski definition) is 1. The Kier molecular flexibility index (Phi) is 57.8. The van der Waals surface area contributed by atoms with Crippen molar-refractivity contribution in [3.05, 3.63) is 29.8 Å². The third-order valence-electron chi connectivity index (χ3n) is 11.1. The van der Waals surface area contributed by atoms with Gasteiger partial charge in [0, 0.05) is 0 Å². The van der Waals surface area contributed by atoms with Gasteiger partial charge in [-0.2, -0.15) is 0 Å². The highest BCUT2D eigenvalue weighted by Crippen LogP contribution is 2.34. The summed E-state index contributed by atoms with van der Waals surface area (Å²) in [5.74, 6) is 0.874. The molecule has 0 radical (unpaired) electrons. The Morgan fingerprint density at radius 2 is 0.500 bits per heavy atom. The van der Waals surface area contributed by atoms with Crippen molar-refractivity contribution in [2.45, 2.75) is 58.3 Å². The first kappa shape index (κ1) is 72.2. The average molecular weight is 1100 g/mol. The minimum atomic E-state index is 0.0194. The van der Waals surface area contributed by atoms with Crippen LogP contribution < -0.4 is 4.74 Å². The molecule has 21 heteroatoms. The molecule has 0 fully saturated rings. The van der Waals surface area contributed by atoms with Crippen molar-refractivity contribution < 1.29 is 99.8 Å². The van der Waals surface area contributed by atoms with Crippen LogP contribution in [-0.4, -0.2) is 269 Å². The molecule has 0 heterocycles. The van der Waals surface area contributed by atoms with E-state index in [1.54, 1.807) is 0 Å². The molecule has 1 rings (SSSR count). The van der Waals surface area contributed by atoms with Crippen molar-refractivity contribution in [2.75, 3.05) is 264 Å². The largest absolute Gasteiger partial charge is 0.491 e. The summed E-state index contributed by atoms with van der Waals surface area (Å²) in [5, 5.41) is 8.61. The Balaban J connectivity index is 1.64. The van der Waals surface area contributed by atoms with Crippen molar-refractivity contribution in [2.24, 2.45) is 0 Å². The van der Waals surface area contributed by atoms with Gasteiger partial charge in [-0.3, -0.25) is 0 Å². The first-order chi connectivity index (χ1) is 37.7. The molecule has 0 aliphatic rings. The maximum atomic E-state index is 8.61. The molecule has 0 aliphatic carbocycles. The fraction of sp³-hybridized carbons (Fsp3) is 0.891. The molecule has 1 aromatic carbocycles. The summed E-state index contributed by atoms with van der Waals surface area (Å²) >= 11 is 0. The third kappa shape index (κ3) is 51.6. The van der Waals surface area contributed by atoms with E-state index in [1.807, 2.05) is 0 Å². The van der Waals surface area contributed by atoms with E-state index in [2.05, 4.69) is 45.0 Å². The maximum Gasteiger partial charge on any atom is 0.119 e. The number of rotatable bonds is 66. The summed E-state index contributed by atoms with van der Waals surface area (Å²) in [5.41, 5.74) is 1.61. The lowest BCUT2D eigenvalue weighted by Crippen LogP contribution is -2.20. The first-order valence-electron chi connectivity index (χ1n) is 28.0. The van der Waals surface area contributed by atoms with Gasteiger partial charge in [0.1, 0.15) is 12.4 Å². The Bertz CT molecular complexity index is 1240. The van der Waals surface area contributed by atoms with E-state index in [4.69, 9.17) is 99.8 Å². The van der Waals surface area contributed by atoms with Gasteiger partial charge < -0.3 is 99.8 Å². The smallest absolute Gasteiger partial charge is 0.119 e. The lowest BCUT2D eigenvalue weighted by molar-refractivity contribution is -0.0313. The lowest BCUT2D eigenvalue weighted by Gasteiger charge is -2.29. The van der Waals surface area contributed by atoms with Crippen LogP contribution in [0, 0.1) is 0 Å². The Morgan fingerprint density at radius 3 is 0.697 bits per heavy atom. The standard InChI is InChI=1S/C55H104O21/c1-4-6-7-12-55(3,5-2)53-8-10-54(11-9-53)76-52-51-75-50-49-74-48-47-73-46-45-72-44-43-71-42-41-70-40-39-69-38-37-68-36-35-67-34-33-66-32-31-65-30-29-64-28-27-63-26-25-62-24-23-61-22-21-60-20-19-59-18-17-58-16-15-57-14-13-56/h8-11,56H,4-7,12-52H2,1-3H3. The van der Waals surface area contributed by atoms with Gasteiger partial charge in [-0.1, -0.05) is 52.2 Å². The van der Waals surface area contributed by atoms with E-state index < -0.39 is 0 Å². The van der Waals surface area contributed by atoms with Crippen molar-refractivity contribution in [1.82, 2.24) is 0 Å². The highest BCUT2D eigenvalue weighted by molar-refractivity contribution is 5.32. The molecule has 0 saturated carbocycles. The second-order valence-electron chi connectivity index (χ2n) is 17.1. The number of ether oxygens (including phenoxy) is 20. The molecule has 1 unspecified atom stereocenters. The Morgan fingerprint density at radius 1 is 0.289 bits per heavy atom. The molecular formula is C55H104O21.